The molecular weight excluding hydrogens is 711 g/mol. The number of ether oxygens (including phenoxy) is 2. The average Bonchev–Trinajstić information content (AvgIpc) is 3.38. The summed E-state index contributed by atoms with van der Waals surface area (Å²) in [4.78, 5) is 60.5. The Kier molecular flexibility index (Phi) is 15.8. The normalized spacial score (nSPS) is 19.2. The van der Waals surface area contributed by atoms with E-state index in [2.05, 4.69) is 24.1 Å². The van der Waals surface area contributed by atoms with E-state index >= 15 is 0 Å². The van der Waals surface area contributed by atoms with Crippen LogP contribution < -0.4 is 5.32 Å². The van der Waals surface area contributed by atoms with E-state index in [1.807, 2.05) is 67.0 Å². The molecule has 4 amide bonds. The standard InChI is InChI=1S/C40H55N5O7.C4H10/c1-4-51-36(46)26-42-16-9-30(10-17-42)31-11-18-43(19-12-31)38(48)35(25-29-23-27(2)37(47)28(3)24-29)52-40(50)44-20-14-33(15-21-44)45-22-13-32-7-5-6-8-34(32)41-39(45)49;1-3-4-2/h5-8,23-24,30-31,33,35,47H,4,9-22,25-26H2,1-3H3,(H,41,49);3-4H2,1-2H3/t35-;/m1./s1. The number of fused-ring (bicyclic) bond motifs is 1. The molecule has 12 heteroatoms. The van der Waals surface area contributed by atoms with E-state index in [-0.39, 0.29) is 36.1 Å². The Morgan fingerprint density at radius 2 is 1.41 bits per heavy atom. The van der Waals surface area contributed by atoms with Crippen LogP contribution in [0.5, 0.6) is 5.75 Å². The van der Waals surface area contributed by atoms with Gasteiger partial charge in [0.1, 0.15) is 5.75 Å². The number of nitrogens with zero attached hydrogens (tertiary/aromatic N) is 4. The zero-order valence-electron chi connectivity index (χ0n) is 34.4. The quantitative estimate of drug-likeness (QED) is 0.249. The number of likely N-dealkylation sites (tertiary alicyclic amines) is 3. The van der Waals surface area contributed by atoms with Crippen LogP contribution in [0.4, 0.5) is 15.3 Å². The number of carbonyl (C=O) groups excluding carboxylic acids is 4. The first-order valence-corrected chi connectivity index (χ1v) is 21.1. The van der Waals surface area contributed by atoms with Crippen molar-refractivity contribution in [3.05, 3.63) is 58.7 Å². The number of esters is 1. The summed E-state index contributed by atoms with van der Waals surface area (Å²) >= 11 is 0. The first-order chi connectivity index (χ1) is 27.0. The minimum Gasteiger partial charge on any atom is -0.507 e. The van der Waals surface area contributed by atoms with Gasteiger partial charge in [0.15, 0.2) is 6.10 Å². The minimum absolute atomic E-state index is 0.00448. The maximum Gasteiger partial charge on any atom is 0.410 e. The molecule has 4 heterocycles. The van der Waals surface area contributed by atoms with E-state index in [0.717, 1.165) is 62.0 Å². The summed E-state index contributed by atoms with van der Waals surface area (Å²) in [6, 6.07) is 11.5. The van der Waals surface area contributed by atoms with Crippen molar-refractivity contribution >= 4 is 29.7 Å². The van der Waals surface area contributed by atoms with Gasteiger partial charge < -0.3 is 34.6 Å². The lowest BCUT2D eigenvalue weighted by molar-refractivity contribution is -0.144. The maximum atomic E-state index is 14.1. The van der Waals surface area contributed by atoms with Gasteiger partial charge in [-0.15, -0.1) is 0 Å². The first kappa shape index (κ1) is 42.8. The van der Waals surface area contributed by atoms with Crippen LogP contribution in [0.15, 0.2) is 36.4 Å². The second kappa shape index (κ2) is 20.7. The maximum absolute atomic E-state index is 14.1. The number of urea groups is 1. The number of aromatic hydroxyl groups is 1. The molecule has 12 nitrogen and oxygen atoms in total. The number of rotatable bonds is 10. The molecule has 2 aromatic rings. The number of amides is 4. The van der Waals surface area contributed by atoms with Crippen LogP contribution >= 0.6 is 0 Å². The van der Waals surface area contributed by atoms with E-state index in [4.69, 9.17) is 9.47 Å². The van der Waals surface area contributed by atoms with Gasteiger partial charge in [-0.25, -0.2) is 9.59 Å². The molecule has 3 fully saturated rings. The third-order valence-electron chi connectivity index (χ3n) is 12.1. The van der Waals surface area contributed by atoms with Gasteiger partial charge in [0, 0.05) is 50.9 Å². The van der Waals surface area contributed by atoms with Crippen molar-refractivity contribution in [3.63, 3.8) is 0 Å². The predicted octanol–water partition coefficient (Wildman–Crippen LogP) is 6.93. The third-order valence-corrected chi connectivity index (χ3v) is 12.1. The number of aryl methyl sites for hydroxylation is 2. The molecule has 2 N–H and O–H groups in total. The minimum atomic E-state index is -0.994. The SMILES string of the molecule is CCCC.CCOC(=O)CN1CCC(C2CCN(C(=O)[C@@H](Cc3cc(C)c(O)c(C)c3)OC(=O)N3CCC(N4CCc5ccccc5NC4=O)CC3)CC2)CC1. The fourth-order valence-corrected chi connectivity index (χ4v) is 8.62. The highest BCUT2D eigenvalue weighted by Gasteiger charge is 2.37. The number of anilines is 1. The lowest BCUT2D eigenvalue weighted by Crippen LogP contribution is -2.52. The average molecular weight is 776 g/mol. The monoisotopic (exact) mass is 775 g/mol. The number of para-hydroxylation sites is 1. The number of carbonyl (C=O) groups is 4. The molecule has 0 unspecified atom stereocenters. The number of nitrogens with one attached hydrogen (secondary N) is 1. The van der Waals surface area contributed by atoms with Crippen molar-refractivity contribution in [1.29, 1.82) is 0 Å². The predicted molar refractivity (Wildman–Crippen MR) is 218 cm³/mol. The van der Waals surface area contributed by atoms with Crippen molar-refractivity contribution in [1.82, 2.24) is 19.6 Å². The number of hydrogen-bond donors (Lipinski definition) is 2. The molecule has 0 aromatic heterocycles. The van der Waals surface area contributed by atoms with Crippen LogP contribution in [0, 0.1) is 25.7 Å². The summed E-state index contributed by atoms with van der Waals surface area (Å²) in [5.74, 6) is 0.945. The van der Waals surface area contributed by atoms with Gasteiger partial charge in [0.25, 0.3) is 5.91 Å². The molecule has 0 saturated carbocycles. The van der Waals surface area contributed by atoms with Crippen LogP contribution in [0.3, 0.4) is 0 Å². The van der Waals surface area contributed by atoms with Crippen molar-refractivity contribution in [2.24, 2.45) is 11.8 Å². The van der Waals surface area contributed by atoms with Crippen molar-refractivity contribution < 1.29 is 33.8 Å². The number of phenolic OH excluding ortho intramolecular Hbond substituents is 1. The fourth-order valence-electron chi connectivity index (χ4n) is 8.62. The Morgan fingerprint density at radius 3 is 2.02 bits per heavy atom. The molecule has 1 atom stereocenters. The van der Waals surface area contributed by atoms with E-state index < -0.39 is 12.2 Å². The second-order valence-corrected chi connectivity index (χ2v) is 16.0. The van der Waals surface area contributed by atoms with Gasteiger partial charge in [-0.05, 0) is 119 Å². The molecule has 0 spiro atoms. The molecule has 0 bridgehead atoms. The van der Waals surface area contributed by atoms with E-state index in [1.165, 1.54) is 12.8 Å². The highest BCUT2D eigenvalue weighted by Crippen LogP contribution is 2.33. The molecule has 2 aromatic carbocycles. The lowest BCUT2D eigenvalue weighted by atomic mass is 9.78. The van der Waals surface area contributed by atoms with Gasteiger partial charge in [-0.2, -0.15) is 0 Å². The van der Waals surface area contributed by atoms with Crippen molar-refractivity contribution in [2.75, 3.05) is 64.3 Å². The number of phenols is 1. The topological polar surface area (TPSA) is 132 Å². The summed E-state index contributed by atoms with van der Waals surface area (Å²) in [7, 11) is 0. The summed E-state index contributed by atoms with van der Waals surface area (Å²) in [5, 5.41) is 13.4. The molecule has 0 radical (unpaired) electrons. The summed E-state index contributed by atoms with van der Waals surface area (Å²) in [6.45, 7) is 15.0. The summed E-state index contributed by atoms with van der Waals surface area (Å²) in [6.07, 6.45) is 7.24. The summed E-state index contributed by atoms with van der Waals surface area (Å²) < 4.78 is 11.2. The smallest absolute Gasteiger partial charge is 0.410 e. The Morgan fingerprint density at radius 1 is 0.821 bits per heavy atom. The second-order valence-electron chi connectivity index (χ2n) is 16.0. The fraction of sp³-hybridized carbons (Fsp3) is 0.636. The molecule has 0 aliphatic carbocycles. The number of benzene rings is 2. The van der Waals surface area contributed by atoms with Gasteiger partial charge in [-0.1, -0.05) is 57.0 Å². The number of unbranched alkanes of at least 4 members (excludes halogenated alkanes) is 1. The Hall–Kier alpha value is -4.32. The van der Waals surface area contributed by atoms with E-state index in [9.17, 15) is 24.3 Å². The third kappa shape index (κ3) is 11.4. The lowest BCUT2D eigenvalue weighted by Gasteiger charge is -2.41. The Bertz CT molecular complexity index is 1600. The highest BCUT2D eigenvalue weighted by molar-refractivity contribution is 5.91. The van der Waals surface area contributed by atoms with Crippen LogP contribution in [0.2, 0.25) is 0 Å². The van der Waals surface area contributed by atoms with Crippen LogP contribution in [0.25, 0.3) is 0 Å². The van der Waals surface area contributed by atoms with Gasteiger partial charge >= 0.3 is 18.1 Å². The van der Waals surface area contributed by atoms with Crippen LogP contribution in [-0.2, 0) is 31.9 Å². The largest absolute Gasteiger partial charge is 0.507 e. The molecule has 3 saturated heterocycles. The summed E-state index contributed by atoms with van der Waals surface area (Å²) in [5.41, 5.74) is 4.22. The van der Waals surface area contributed by atoms with Crippen molar-refractivity contribution in [2.45, 2.75) is 111 Å². The number of hydrogen-bond acceptors (Lipinski definition) is 8. The Labute approximate surface area is 333 Å². The van der Waals surface area contributed by atoms with Gasteiger partial charge in [0.05, 0.1) is 13.2 Å². The molecule has 6 rings (SSSR count). The number of piperidine rings is 3. The zero-order valence-corrected chi connectivity index (χ0v) is 34.4. The van der Waals surface area contributed by atoms with Crippen LogP contribution in [-0.4, -0.2) is 120 Å². The van der Waals surface area contributed by atoms with E-state index in [1.54, 1.807) is 4.90 Å². The molecule has 4 aliphatic heterocycles. The molecule has 4 aliphatic rings. The zero-order chi connectivity index (χ0) is 40.2. The molecule has 308 valence electrons. The Balaban J connectivity index is 0.00000143. The van der Waals surface area contributed by atoms with E-state index in [0.29, 0.717) is 81.7 Å². The highest BCUT2D eigenvalue weighted by atomic mass is 16.6. The first-order valence-electron chi connectivity index (χ1n) is 21.1. The molecular formula is C44H65N5O7. The van der Waals surface area contributed by atoms with Gasteiger partial charge in [-0.3, -0.25) is 14.5 Å². The van der Waals surface area contributed by atoms with Crippen LogP contribution in [0.1, 0.15) is 94.4 Å². The van der Waals surface area contributed by atoms with Crippen molar-refractivity contribution in [3.8, 4) is 5.75 Å². The van der Waals surface area contributed by atoms with Gasteiger partial charge in [0.2, 0.25) is 0 Å². The molecule has 56 heavy (non-hydrogen) atoms.